The van der Waals surface area contributed by atoms with Crippen LogP contribution in [-0.2, 0) is 19.4 Å². The summed E-state index contributed by atoms with van der Waals surface area (Å²) in [6.07, 6.45) is 4.74. The van der Waals surface area contributed by atoms with Crippen molar-refractivity contribution >= 4 is 21.6 Å². The van der Waals surface area contributed by atoms with E-state index >= 15 is 0 Å². The first-order valence-electron chi connectivity index (χ1n) is 6.18. The largest absolute Gasteiger partial charge is 0.389 e. The molecule has 0 spiro atoms. The topological polar surface area (TPSA) is 55.1 Å². The molecule has 0 aromatic carbocycles. The van der Waals surface area contributed by atoms with E-state index in [-0.39, 0.29) is 12.1 Å². The van der Waals surface area contributed by atoms with Gasteiger partial charge in [-0.1, -0.05) is 0 Å². The van der Waals surface area contributed by atoms with E-state index in [1.165, 1.54) is 15.0 Å². The second-order valence-electron chi connectivity index (χ2n) is 5.53. The Bertz CT molecular complexity index is 664. The van der Waals surface area contributed by atoms with Gasteiger partial charge >= 0.3 is 0 Å². The van der Waals surface area contributed by atoms with Crippen molar-refractivity contribution in [3.63, 3.8) is 0 Å². The number of fused-ring (bicyclic) bond motifs is 3. The van der Waals surface area contributed by atoms with Crippen molar-refractivity contribution in [1.82, 2.24) is 9.55 Å². The maximum absolute atomic E-state index is 12.4. The zero-order valence-corrected chi connectivity index (χ0v) is 11.4. The molecule has 2 heterocycles. The van der Waals surface area contributed by atoms with Crippen LogP contribution in [0.4, 0.5) is 0 Å². The van der Waals surface area contributed by atoms with Gasteiger partial charge in [0.1, 0.15) is 4.83 Å². The van der Waals surface area contributed by atoms with Crippen LogP contribution in [0.15, 0.2) is 11.1 Å². The molecule has 1 aliphatic rings. The first-order valence-corrected chi connectivity index (χ1v) is 6.99. The van der Waals surface area contributed by atoms with Crippen LogP contribution in [0.25, 0.3) is 10.2 Å². The van der Waals surface area contributed by atoms with Crippen molar-refractivity contribution in [2.45, 2.75) is 45.3 Å². The predicted molar refractivity (Wildman–Crippen MR) is 72.2 cm³/mol. The van der Waals surface area contributed by atoms with E-state index in [1.807, 2.05) is 0 Å². The van der Waals surface area contributed by atoms with Crippen molar-refractivity contribution in [1.29, 1.82) is 0 Å². The minimum Gasteiger partial charge on any atom is -0.389 e. The molecule has 2 aromatic heterocycles. The predicted octanol–water partition coefficient (Wildman–Crippen LogP) is 1.72. The highest BCUT2D eigenvalue weighted by Crippen LogP contribution is 2.34. The average molecular weight is 264 g/mol. The first-order chi connectivity index (χ1) is 8.46. The maximum atomic E-state index is 12.4. The van der Waals surface area contributed by atoms with E-state index in [1.54, 1.807) is 31.5 Å². The molecule has 0 saturated heterocycles. The van der Waals surface area contributed by atoms with Crippen molar-refractivity contribution < 1.29 is 5.11 Å². The van der Waals surface area contributed by atoms with Gasteiger partial charge in [-0.2, -0.15) is 0 Å². The van der Waals surface area contributed by atoms with E-state index in [4.69, 9.17) is 0 Å². The van der Waals surface area contributed by atoms with E-state index in [0.29, 0.717) is 0 Å². The quantitative estimate of drug-likeness (QED) is 0.898. The van der Waals surface area contributed by atoms with E-state index in [2.05, 4.69) is 4.98 Å². The summed E-state index contributed by atoms with van der Waals surface area (Å²) in [5, 5.41) is 10.6. The summed E-state index contributed by atoms with van der Waals surface area (Å²) in [5.41, 5.74) is 0.275. The second-order valence-corrected chi connectivity index (χ2v) is 6.61. The SMILES string of the molecule is CC(C)(O)Cn1cnc2sc3c(c2c1=O)CCC3. The molecule has 18 heavy (non-hydrogen) atoms. The highest BCUT2D eigenvalue weighted by Gasteiger charge is 2.22. The lowest BCUT2D eigenvalue weighted by atomic mass is 10.1. The Balaban J connectivity index is 2.19. The number of aryl methyl sites for hydroxylation is 2. The van der Waals surface area contributed by atoms with Gasteiger partial charge in [0.2, 0.25) is 0 Å². The Hall–Kier alpha value is -1.20. The van der Waals surface area contributed by atoms with Crippen LogP contribution < -0.4 is 5.56 Å². The van der Waals surface area contributed by atoms with Crippen LogP contribution in [0.5, 0.6) is 0 Å². The number of rotatable bonds is 2. The zero-order valence-electron chi connectivity index (χ0n) is 10.6. The van der Waals surface area contributed by atoms with Crippen molar-refractivity contribution in [2.75, 3.05) is 0 Å². The summed E-state index contributed by atoms with van der Waals surface area (Å²) < 4.78 is 1.52. The Morgan fingerprint density at radius 2 is 2.28 bits per heavy atom. The Labute approximate surface area is 109 Å². The third-order valence-corrected chi connectivity index (χ3v) is 4.45. The molecule has 0 atom stereocenters. The third-order valence-electron chi connectivity index (χ3n) is 3.25. The average Bonchev–Trinajstić information content (AvgIpc) is 2.79. The zero-order chi connectivity index (χ0) is 12.9. The highest BCUT2D eigenvalue weighted by atomic mass is 32.1. The fourth-order valence-electron chi connectivity index (χ4n) is 2.55. The van der Waals surface area contributed by atoms with Crippen LogP contribution >= 0.6 is 11.3 Å². The van der Waals surface area contributed by atoms with Gasteiger partial charge < -0.3 is 5.11 Å². The van der Waals surface area contributed by atoms with E-state index in [9.17, 15) is 9.90 Å². The van der Waals surface area contributed by atoms with Crippen LogP contribution in [-0.4, -0.2) is 20.3 Å². The molecule has 96 valence electrons. The minimum absolute atomic E-state index is 0.0125. The van der Waals surface area contributed by atoms with Gasteiger partial charge in [-0.3, -0.25) is 9.36 Å². The summed E-state index contributed by atoms with van der Waals surface area (Å²) in [7, 11) is 0. The van der Waals surface area contributed by atoms with Gasteiger partial charge in [0.15, 0.2) is 0 Å². The Morgan fingerprint density at radius 1 is 1.50 bits per heavy atom. The fraction of sp³-hybridized carbons (Fsp3) is 0.538. The van der Waals surface area contributed by atoms with Gasteiger partial charge in [-0.15, -0.1) is 11.3 Å². The summed E-state index contributed by atoms with van der Waals surface area (Å²) in [5.74, 6) is 0. The molecule has 0 radical (unpaired) electrons. The summed E-state index contributed by atoms with van der Waals surface area (Å²) in [6, 6.07) is 0. The number of hydrogen-bond acceptors (Lipinski definition) is 4. The van der Waals surface area contributed by atoms with Crippen LogP contribution in [0, 0.1) is 0 Å². The van der Waals surface area contributed by atoms with Crippen LogP contribution in [0.1, 0.15) is 30.7 Å². The molecule has 0 saturated carbocycles. The minimum atomic E-state index is -0.904. The number of thiophene rings is 1. The summed E-state index contributed by atoms with van der Waals surface area (Å²) in [4.78, 5) is 19.0. The van der Waals surface area contributed by atoms with Crippen LogP contribution in [0.2, 0.25) is 0 Å². The molecule has 0 unspecified atom stereocenters. The highest BCUT2D eigenvalue weighted by molar-refractivity contribution is 7.18. The lowest BCUT2D eigenvalue weighted by Gasteiger charge is -2.18. The van der Waals surface area contributed by atoms with Gasteiger partial charge in [-0.05, 0) is 38.7 Å². The fourth-order valence-corrected chi connectivity index (χ4v) is 3.77. The normalized spacial score (nSPS) is 15.3. The number of aliphatic hydroxyl groups is 1. The molecule has 5 heteroatoms. The smallest absolute Gasteiger partial charge is 0.262 e. The number of aromatic nitrogens is 2. The van der Waals surface area contributed by atoms with Crippen molar-refractivity contribution in [3.8, 4) is 0 Å². The number of nitrogens with zero attached hydrogens (tertiary/aromatic N) is 2. The molecule has 1 aliphatic carbocycles. The summed E-state index contributed by atoms with van der Waals surface area (Å²) in [6.45, 7) is 3.67. The lowest BCUT2D eigenvalue weighted by molar-refractivity contribution is 0.0603. The van der Waals surface area contributed by atoms with Crippen LogP contribution in [0.3, 0.4) is 0 Å². The molecular weight excluding hydrogens is 248 g/mol. The molecule has 0 fully saturated rings. The van der Waals surface area contributed by atoms with Gasteiger partial charge in [0, 0.05) is 4.88 Å². The molecule has 0 amide bonds. The van der Waals surface area contributed by atoms with Gasteiger partial charge in [0.25, 0.3) is 5.56 Å². The Kier molecular flexibility index (Phi) is 2.57. The third kappa shape index (κ3) is 1.87. The van der Waals surface area contributed by atoms with E-state index in [0.717, 1.165) is 29.5 Å². The molecule has 4 nitrogen and oxygen atoms in total. The lowest BCUT2D eigenvalue weighted by Crippen LogP contribution is -2.32. The van der Waals surface area contributed by atoms with Crippen molar-refractivity contribution in [3.05, 3.63) is 27.1 Å². The first kappa shape index (κ1) is 11.9. The van der Waals surface area contributed by atoms with Gasteiger partial charge in [-0.25, -0.2) is 4.98 Å². The monoisotopic (exact) mass is 264 g/mol. The summed E-state index contributed by atoms with van der Waals surface area (Å²) >= 11 is 1.64. The number of hydrogen-bond donors (Lipinski definition) is 1. The molecule has 0 aliphatic heterocycles. The molecular formula is C13H16N2O2S. The molecule has 3 rings (SSSR count). The molecule has 1 N–H and O–H groups in total. The molecule has 2 aromatic rings. The van der Waals surface area contributed by atoms with E-state index < -0.39 is 5.60 Å². The second kappa shape index (κ2) is 3.90. The van der Waals surface area contributed by atoms with Gasteiger partial charge in [0.05, 0.1) is 23.9 Å². The maximum Gasteiger partial charge on any atom is 0.262 e. The standard InChI is InChI=1S/C13H16N2O2S/c1-13(2,17)6-15-7-14-11-10(12(15)16)8-4-3-5-9(8)18-11/h7,17H,3-6H2,1-2H3. The molecule has 0 bridgehead atoms. The Morgan fingerprint density at radius 3 is 3.00 bits per heavy atom. The van der Waals surface area contributed by atoms with Crippen molar-refractivity contribution in [2.24, 2.45) is 0 Å².